The second-order valence-electron chi connectivity index (χ2n) is 19.7. The van der Waals surface area contributed by atoms with Crippen LogP contribution in [0.1, 0.15) is 105 Å². The van der Waals surface area contributed by atoms with Gasteiger partial charge < -0.3 is 35.2 Å². The summed E-state index contributed by atoms with van der Waals surface area (Å²) in [6.07, 6.45) is 14.1. The zero-order chi connectivity index (χ0) is 55.0. The van der Waals surface area contributed by atoms with Crippen molar-refractivity contribution >= 4 is 83.8 Å². The number of carbonyl (C=O) groups excluding carboxylic acids is 3. The summed E-state index contributed by atoms with van der Waals surface area (Å²) in [6, 6.07) is 27.3. The third-order valence-electron chi connectivity index (χ3n) is 15.1. The Morgan fingerprint density at radius 2 is 1.24 bits per heavy atom. The van der Waals surface area contributed by atoms with E-state index in [0.717, 1.165) is 118 Å². The van der Waals surface area contributed by atoms with E-state index in [1.165, 1.54) is 17.4 Å². The molecule has 0 bridgehead atoms. The summed E-state index contributed by atoms with van der Waals surface area (Å²) in [6.45, 7) is 2.58. The molecule has 2 fully saturated rings. The van der Waals surface area contributed by atoms with E-state index in [9.17, 15) is 18.8 Å². The number of benzene rings is 4. The maximum Gasteiger partial charge on any atom is 0.269 e. The highest BCUT2D eigenvalue weighted by atomic mass is 35.5. The average molecular weight is 1150 g/mol. The molecule has 3 amide bonds. The van der Waals surface area contributed by atoms with Gasteiger partial charge in [0.2, 0.25) is 0 Å². The van der Waals surface area contributed by atoms with Crippen molar-refractivity contribution in [3.05, 3.63) is 158 Å². The number of hydrogen-bond acceptors (Lipinski definition) is 12. The number of pyridine rings is 1. The fourth-order valence-corrected chi connectivity index (χ4v) is 13.8. The Balaban J connectivity index is 0.000000208. The summed E-state index contributed by atoms with van der Waals surface area (Å²) in [5, 5.41) is 11.7. The molecule has 0 radical (unpaired) electrons. The fraction of sp³-hybridized carbons (Fsp3) is 0.344. The molecule has 0 unspecified atom stereocenters. The van der Waals surface area contributed by atoms with Gasteiger partial charge in [-0.1, -0.05) is 61.0 Å². The van der Waals surface area contributed by atoms with Gasteiger partial charge in [0.15, 0.2) is 0 Å². The molecule has 0 spiro atoms. The van der Waals surface area contributed by atoms with Gasteiger partial charge in [0, 0.05) is 95.1 Å². The summed E-state index contributed by atoms with van der Waals surface area (Å²) in [7, 11) is 8.80. The normalized spacial score (nSPS) is 17.0. The van der Waals surface area contributed by atoms with Crippen molar-refractivity contribution in [2.75, 3.05) is 35.4 Å². The van der Waals surface area contributed by atoms with Gasteiger partial charge in [-0.15, -0.1) is 22.7 Å². The maximum atomic E-state index is 14.8. The van der Waals surface area contributed by atoms with Crippen LogP contribution < -0.4 is 25.4 Å². The van der Waals surface area contributed by atoms with Crippen LogP contribution in [0.5, 0.6) is 11.5 Å². The van der Waals surface area contributed by atoms with E-state index in [0.29, 0.717) is 60.0 Å². The number of methoxy groups -OCH3 is 2. The molecule has 0 aliphatic heterocycles. The Hall–Kier alpha value is -6.53. The third-order valence-corrected chi connectivity index (χ3v) is 18.5. The molecule has 2 aliphatic rings. The van der Waals surface area contributed by atoms with E-state index < -0.39 is 0 Å². The first-order valence-electron chi connectivity index (χ1n) is 26.1. The van der Waals surface area contributed by atoms with E-state index in [-0.39, 0.29) is 49.6 Å². The molecule has 18 heteroatoms. The van der Waals surface area contributed by atoms with Crippen LogP contribution in [0.2, 0.25) is 10.0 Å². The smallest absolute Gasteiger partial charge is 0.269 e. The molecule has 8 aromatic rings. The Morgan fingerprint density at radius 3 is 1.78 bits per heavy atom. The number of fused-ring (bicyclic) bond motifs is 2. The minimum atomic E-state index is -0.384. The Kier molecular flexibility index (Phi) is 19.7. The number of nitrogens with one attached hydrogen (secondary N) is 3. The third kappa shape index (κ3) is 12.9. The lowest BCUT2D eigenvalue weighted by molar-refractivity contribution is 0.0598. The van der Waals surface area contributed by atoms with Crippen LogP contribution in [0.4, 0.5) is 4.39 Å². The molecule has 414 valence electrons. The molecule has 4 aromatic carbocycles. The van der Waals surface area contributed by atoms with Crippen molar-refractivity contribution in [2.24, 2.45) is 0 Å². The molecule has 13 nitrogen and oxygen atoms in total. The highest BCUT2D eigenvalue weighted by Crippen LogP contribution is 2.42. The van der Waals surface area contributed by atoms with E-state index in [2.05, 4.69) is 37.0 Å². The number of halogens is 3. The molecule has 10 rings (SSSR count). The van der Waals surface area contributed by atoms with Gasteiger partial charge in [0.05, 0.1) is 40.9 Å². The quantitative estimate of drug-likeness (QED) is 0.0905. The molecule has 79 heavy (non-hydrogen) atoms. The van der Waals surface area contributed by atoms with Crippen molar-refractivity contribution in [1.82, 2.24) is 40.7 Å². The maximum absolute atomic E-state index is 14.8. The van der Waals surface area contributed by atoms with Crippen molar-refractivity contribution < 1.29 is 28.2 Å². The molecule has 4 aromatic heterocycles. The van der Waals surface area contributed by atoms with Crippen LogP contribution in [0.25, 0.3) is 42.6 Å². The molecule has 0 saturated heterocycles. The lowest BCUT2D eigenvalue weighted by Crippen LogP contribution is -2.44. The standard InChI is InChI=1S/C32H34ClFN4O3S.C28H29ClN4O2S.CH4/c1-18-5-11-24(34)29-27(18)28(33)30(42-29)32(40)38(23-9-7-22(35-2)8-10-23)17-21-15-19(6-12-26(21)41-4)20-13-14-37-25(16-20)31(39)36-3;1-30-20-8-10-21(11-9-20)33(28(34)27-26(29)22-5-3-4-6-25(22)36-27)17-19-15-18(7-12-24(19)35-2)23-16-31-13-14-32-23;/h5-6,11-16,22-23,35H,7-10,17H2,1-4H3,(H,36,39);3-7,12-16,20-21,30H,8-11,17H2,1-2H3;1H4. The zero-order valence-corrected chi connectivity index (χ0v) is 47.6. The summed E-state index contributed by atoms with van der Waals surface area (Å²) in [4.78, 5) is 58.3. The molecular formula is C61H67Cl2FN8O5S2. The minimum absolute atomic E-state index is 0. The van der Waals surface area contributed by atoms with Crippen LogP contribution in [0, 0.1) is 12.7 Å². The predicted octanol–water partition coefficient (Wildman–Crippen LogP) is 13.4. The van der Waals surface area contributed by atoms with Gasteiger partial charge >= 0.3 is 0 Å². The Labute approximate surface area is 479 Å². The second kappa shape index (κ2) is 26.6. The zero-order valence-electron chi connectivity index (χ0n) is 44.5. The minimum Gasteiger partial charge on any atom is -0.496 e. The molecule has 4 heterocycles. The number of amides is 3. The number of thiophene rings is 2. The van der Waals surface area contributed by atoms with Crippen LogP contribution in [0.3, 0.4) is 0 Å². The first kappa shape index (κ1) is 58.6. The van der Waals surface area contributed by atoms with E-state index in [1.54, 1.807) is 58.2 Å². The second-order valence-corrected chi connectivity index (χ2v) is 22.5. The summed E-state index contributed by atoms with van der Waals surface area (Å²) < 4.78 is 27.6. The largest absolute Gasteiger partial charge is 0.496 e. The number of ether oxygens (including phenoxy) is 2. The van der Waals surface area contributed by atoms with Crippen molar-refractivity contribution in [2.45, 2.75) is 103 Å². The number of carbonyl (C=O) groups is 3. The molecule has 3 N–H and O–H groups in total. The first-order chi connectivity index (χ1) is 37.8. The number of hydrogen-bond donors (Lipinski definition) is 3. The van der Waals surface area contributed by atoms with Crippen LogP contribution in [-0.2, 0) is 13.1 Å². The van der Waals surface area contributed by atoms with Gasteiger partial charge in [-0.25, -0.2) is 4.39 Å². The summed E-state index contributed by atoms with van der Waals surface area (Å²) >= 11 is 16.1. The van der Waals surface area contributed by atoms with Gasteiger partial charge in [-0.2, -0.15) is 0 Å². The van der Waals surface area contributed by atoms with Crippen LogP contribution >= 0.6 is 45.9 Å². The summed E-state index contributed by atoms with van der Waals surface area (Å²) in [5.41, 5.74) is 6.29. The fourth-order valence-electron chi connectivity index (χ4n) is 10.7. The number of rotatable bonds is 15. The molecular weight excluding hydrogens is 1080 g/mol. The lowest BCUT2D eigenvalue weighted by atomic mass is 9.89. The molecule has 0 atom stereocenters. The van der Waals surface area contributed by atoms with E-state index in [1.807, 2.05) is 91.5 Å². The highest BCUT2D eigenvalue weighted by Gasteiger charge is 2.35. The van der Waals surface area contributed by atoms with Crippen molar-refractivity contribution in [3.8, 4) is 33.9 Å². The number of nitrogens with zero attached hydrogens (tertiary/aromatic N) is 5. The topological polar surface area (TPSA) is 151 Å². The van der Waals surface area contributed by atoms with E-state index in [4.69, 9.17) is 32.7 Å². The van der Waals surface area contributed by atoms with Crippen LogP contribution in [-0.4, -0.2) is 102 Å². The monoisotopic (exact) mass is 1140 g/mol. The van der Waals surface area contributed by atoms with Gasteiger partial charge in [0.1, 0.15) is 32.8 Å². The van der Waals surface area contributed by atoms with Gasteiger partial charge in [-0.05, 0) is 144 Å². The van der Waals surface area contributed by atoms with Gasteiger partial charge in [0.25, 0.3) is 17.7 Å². The SMILES string of the molecule is C.CNC(=O)c1cc(-c2ccc(OC)c(CN(C(=O)c3sc4c(F)ccc(C)c4c3Cl)C3CCC(NC)CC3)c2)ccn1.CNC1CCC(N(Cc2cc(-c3cnccn3)ccc2OC)C(=O)c2sc3ccccc3c2Cl)CC1. The number of aromatic nitrogens is 3. The van der Waals surface area contributed by atoms with Crippen LogP contribution in [0.15, 0.2) is 110 Å². The molecule has 2 saturated carbocycles. The average Bonchev–Trinajstić information content (AvgIpc) is 4.15. The predicted molar refractivity (Wildman–Crippen MR) is 319 cm³/mol. The van der Waals surface area contributed by atoms with Crippen molar-refractivity contribution in [1.29, 1.82) is 0 Å². The highest BCUT2D eigenvalue weighted by molar-refractivity contribution is 7.22. The first-order valence-corrected chi connectivity index (χ1v) is 28.5. The molecule has 2 aliphatic carbocycles. The van der Waals surface area contributed by atoms with E-state index >= 15 is 0 Å². The lowest BCUT2D eigenvalue weighted by Gasteiger charge is -2.37. The summed E-state index contributed by atoms with van der Waals surface area (Å²) in [5.74, 6) is 0.487. The van der Waals surface area contributed by atoms with Crippen molar-refractivity contribution in [3.63, 3.8) is 0 Å². The van der Waals surface area contributed by atoms with Gasteiger partial charge in [-0.3, -0.25) is 29.3 Å². The number of aryl methyl sites for hydroxylation is 1. The Bertz CT molecular complexity index is 3440. The Morgan fingerprint density at radius 1 is 0.671 bits per heavy atom.